The summed E-state index contributed by atoms with van der Waals surface area (Å²) < 4.78 is 28.1. The summed E-state index contributed by atoms with van der Waals surface area (Å²) in [5, 5.41) is 14.1. The van der Waals surface area contributed by atoms with E-state index in [4.69, 9.17) is 23.7 Å². The molecule has 0 radical (unpaired) electrons. The van der Waals surface area contributed by atoms with Gasteiger partial charge in [-0.1, -0.05) is 42.2 Å². The van der Waals surface area contributed by atoms with Crippen LogP contribution in [0.25, 0.3) is 5.76 Å². The van der Waals surface area contributed by atoms with Crippen molar-refractivity contribution in [3.8, 4) is 23.0 Å². The molecule has 0 spiro atoms. The highest BCUT2D eigenvalue weighted by atomic mass is 16.5. The zero-order valence-electron chi connectivity index (χ0n) is 26.2. The van der Waals surface area contributed by atoms with Gasteiger partial charge in [0.25, 0.3) is 5.91 Å². The first-order chi connectivity index (χ1) is 21.9. The Bertz CT molecular complexity index is 1520. The molecule has 1 N–H and O–H groups in total. The number of carbonyl (C=O) groups is 2. The van der Waals surface area contributed by atoms with Crippen molar-refractivity contribution in [2.75, 3.05) is 60.7 Å². The Kier molecular flexibility index (Phi) is 10.3. The molecule has 2 saturated heterocycles. The number of morpholine rings is 1. The van der Waals surface area contributed by atoms with E-state index in [-0.39, 0.29) is 5.57 Å². The Morgan fingerprint density at radius 1 is 0.933 bits per heavy atom. The molecule has 0 aromatic heterocycles. The number of nitrogens with zero attached hydrogens (tertiary/aromatic N) is 1. The number of likely N-dealkylation sites (tertiary alicyclic amines) is 1. The van der Waals surface area contributed by atoms with Crippen LogP contribution in [0.5, 0.6) is 23.0 Å². The second-order valence-electron chi connectivity index (χ2n) is 11.2. The summed E-state index contributed by atoms with van der Waals surface area (Å²) in [5.41, 5.74) is 2.47. The summed E-state index contributed by atoms with van der Waals surface area (Å²) in [6.07, 6.45) is 0.656. The van der Waals surface area contributed by atoms with Crippen LogP contribution < -0.4 is 29.0 Å². The number of nitrogens with one attached hydrogen (secondary N) is 1. The number of rotatable bonds is 12. The predicted molar refractivity (Wildman–Crippen MR) is 165 cm³/mol. The van der Waals surface area contributed by atoms with Gasteiger partial charge in [-0.05, 0) is 53.4 Å². The van der Waals surface area contributed by atoms with E-state index in [0.717, 1.165) is 30.8 Å². The molecule has 3 aromatic rings. The fourth-order valence-corrected chi connectivity index (χ4v) is 5.96. The van der Waals surface area contributed by atoms with E-state index in [9.17, 15) is 14.7 Å². The standard InChI is InChI=1S/C35H40N2O8/c1-23-19-25(11-12-27(23)45-22-24-9-6-5-7-10-24)32(38)30-31(26-20-28(41-2)34(43-4)29(21-26)42-3)37(35(40)33(30)39)14-8-13-36-15-17-44-18-16-36/h5-7,9-12,19-21,31,38H,8,13-18,22H2,1-4H3/b32-30+. The van der Waals surface area contributed by atoms with Gasteiger partial charge in [0.2, 0.25) is 11.5 Å². The Labute approximate surface area is 263 Å². The zero-order valence-corrected chi connectivity index (χ0v) is 26.2. The second kappa shape index (κ2) is 14.5. The first kappa shape index (κ1) is 31.9. The van der Waals surface area contributed by atoms with Crippen LogP contribution in [0, 0.1) is 6.92 Å². The molecule has 1 atom stereocenters. The number of aryl methyl sites for hydroxylation is 1. The maximum absolute atomic E-state index is 14.1. The first-order valence-corrected chi connectivity index (χ1v) is 15.1. The fourth-order valence-electron chi connectivity index (χ4n) is 5.96. The molecule has 3 aromatic carbocycles. The largest absolute Gasteiger partial charge is 0.872 e. The first-order valence-electron chi connectivity index (χ1n) is 15.1. The van der Waals surface area contributed by atoms with Crippen molar-refractivity contribution >= 4 is 17.4 Å². The molecule has 0 aliphatic carbocycles. The number of amides is 1. The van der Waals surface area contributed by atoms with E-state index in [2.05, 4.69) is 0 Å². The van der Waals surface area contributed by atoms with Crippen LogP contribution >= 0.6 is 0 Å². The van der Waals surface area contributed by atoms with Crippen molar-refractivity contribution < 1.29 is 43.3 Å². The van der Waals surface area contributed by atoms with Gasteiger partial charge < -0.3 is 38.6 Å². The number of methoxy groups -OCH3 is 3. The highest BCUT2D eigenvalue weighted by Crippen LogP contribution is 2.45. The summed E-state index contributed by atoms with van der Waals surface area (Å²) in [6.45, 7) is 6.53. The molecule has 2 heterocycles. The van der Waals surface area contributed by atoms with Crippen molar-refractivity contribution in [1.29, 1.82) is 0 Å². The molecule has 238 valence electrons. The monoisotopic (exact) mass is 616 g/mol. The molecule has 10 heteroatoms. The summed E-state index contributed by atoms with van der Waals surface area (Å²) >= 11 is 0. The summed E-state index contributed by atoms with van der Waals surface area (Å²) in [6, 6.07) is 17.3. The van der Waals surface area contributed by atoms with Gasteiger partial charge in [-0.25, -0.2) is 0 Å². The van der Waals surface area contributed by atoms with E-state index in [1.54, 1.807) is 30.3 Å². The summed E-state index contributed by atoms with van der Waals surface area (Å²) in [4.78, 5) is 30.1. The number of hydrogen-bond donors (Lipinski definition) is 1. The minimum Gasteiger partial charge on any atom is -0.872 e. The van der Waals surface area contributed by atoms with Crippen LogP contribution in [0.3, 0.4) is 0 Å². The van der Waals surface area contributed by atoms with Gasteiger partial charge in [0.05, 0.1) is 47.1 Å². The van der Waals surface area contributed by atoms with Crippen LogP contribution in [-0.2, 0) is 20.9 Å². The van der Waals surface area contributed by atoms with Gasteiger partial charge in [-0.3, -0.25) is 9.59 Å². The number of benzene rings is 3. The molecule has 1 unspecified atom stereocenters. The lowest BCUT2D eigenvalue weighted by Crippen LogP contribution is -3.14. The smallest absolute Gasteiger partial charge is 0.295 e. The maximum atomic E-state index is 14.1. The highest BCUT2D eigenvalue weighted by molar-refractivity contribution is 6.46. The number of ketones is 1. The average molecular weight is 617 g/mol. The highest BCUT2D eigenvalue weighted by Gasteiger charge is 2.44. The number of hydrogen-bond acceptors (Lipinski definition) is 8. The van der Waals surface area contributed by atoms with Crippen molar-refractivity contribution in [3.63, 3.8) is 0 Å². The van der Waals surface area contributed by atoms with Gasteiger partial charge in [-0.2, -0.15) is 0 Å². The Morgan fingerprint density at radius 2 is 1.62 bits per heavy atom. The average Bonchev–Trinajstić information content (AvgIpc) is 3.32. The molecule has 45 heavy (non-hydrogen) atoms. The molecule has 2 aliphatic heterocycles. The number of quaternary nitrogens is 1. The Hall–Kier alpha value is -4.54. The fraction of sp³-hybridized carbons (Fsp3) is 0.371. The number of Topliss-reactive ketones (excluding diaryl/α,β-unsaturated/α-hetero) is 1. The molecule has 2 fully saturated rings. The lowest BCUT2D eigenvalue weighted by Gasteiger charge is -2.29. The molecule has 0 bridgehead atoms. The van der Waals surface area contributed by atoms with Crippen molar-refractivity contribution in [2.45, 2.75) is 26.0 Å². The summed E-state index contributed by atoms with van der Waals surface area (Å²) in [5.74, 6) is -0.295. The van der Waals surface area contributed by atoms with Gasteiger partial charge in [0, 0.05) is 18.5 Å². The lowest BCUT2D eigenvalue weighted by molar-refractivity contribution is -0.908. The van der Waals surface area contributed by atoms with Gasteiger partial charge in [0.15, 0.2) is 11.5 Å². The quantitative estimate of drug-likeness (QED) is 0.187. The molecule has 5 rings (SSSR count). The molecule has 0 saturated carbocycles. The third-order valence-corrected chi connectivity index (χ3v) is 8.34. The Balaban J connectivity index is 1.51. The normalized spacial score (nSPS) is 18.2. The van der Waals surface area contributed by atoms with Gasteiger partial charge in [0.1, 0.15) is 25.4 Å². The second-order valence-corrected chi connectivity index (χ2v) is 11.2. The van der Waals surface area contributed by atoms with E-state index < -0.39 is 23.5 Å². The SMILES string of the molecule is COc1cc(C2/C(=C(\[O-])c3ccc(OCc4ccccc4)c(C)c3)C(=O)C(=O)N2CCC[NH+]2CCOCC2)cc(OC)c1OC. The molecule has 10 nitrogen and oxygen atoms in total. The van der Waals surface area contributed by atoms with Crippen LogP contribution in [0.2, 0.25) is 0 Å². The van der Waals surface area contributed by atoms with E-state index in [0.29, 0.717) is 66.9 Å². The van der Waals surface area contributed by atoms with Crippen molar-refractivity contribution in [3.05, 3.63) is 88.5 Å². The van der Waals surface area contributed by atoms with Gasteiger partial charge in [-0.15, -0.1) is 0 Å². The van der Waals surface area contributed by atoms with E-state index in [1.165, 1.54) is 31.1 Å². The number of carbonyl (C=O) groups excluding carboxylic acids is 2. The topological polar surface area (TPSA) is 111 Å². The van der Waals surface area contributed by atoms with Crippen LogP contribution in [0.1, 0.15) is 34.7 Å². The summed E-state index contributed by atoms with van der Waals surface area (Å²) in [7, 11) is 4.49. The Morgan fingerprint density at radius 3 is 2.24 bits per heavy atom. The number of ether oxygens (including phenoxy) is 5. The van der Waals surface area contributed by atoms with Gasteiger partial charge >= 0.3 is 0 Å². The van der Waals surface area contributed by atoms with Crippen LogP contribution in [0.4, 0.5) is 0 Å². The van der Waals surface area contributed by atoms with Crippen molar-refractivity contribution in [1.82, 2.24) is 4.90 Å². The van der Waals surface area contributed by atoms with E-state index >= 15 is 0 Å². The lowest BCUT2D eigenvalue weighted by atomic mass is 9.94. The third kappa shape index (κ3) is 6.92. The van der Waals surface area contributed by atoms with Crippen LogP contribution in [-0.4, -0.2) is 77.3 Å². The predicted octanol–water partition coefficient (Wildman–Crippen LogP) is 2.13. The zero-order chi connectivity index (χ0) is 31.9. The molecule has 1 amide bonds. The minimum atomic E-state index is -0.930. The minimum absolute atomic E-state index is 0.106. The molecule has 2 aliphatic rings. The van der Waals surface area contributed by atoms with E-state index in [1.807, 2.05) is 37.3 Å². The molecular formula is C35H40N2O8. The van der Waals surface area contributed by atoms with Crippen molar-refractivity contribution in [2.24, 2.45) is 0 Å². The van der Waals surface area contributed by atoms with Crippen LogP contribution in [0.15, 0.2) is 66.2 Å². The molecular weight excluding hydrogens is 576 g/mol. The maximum Gasteiger partial charge on any atom is 0.295 e. The third-order valence-electron chi connectivity index (χ3n) is 8.34.